The molecule has 14 nitrogen and oxygen atoms in total. The summed E-state index contributed by atoms with van der Waals surface area (Å²) in [5.74, 6) is -0.933. The zero-order valence-electron chi connectivity index (χ0n) is 28.1. The van der Waals surface area contributed by atoms with E-state index in [1.807, 2.05) is 0 Å². The van der Waals surface area contributed by atoms with E-state index in [9.17, 15) is 23.3 Å². The number of pyridine rings is 1. The number of amides is 3. The minimum atomic E-state index is -4.61. The van der Waals surface area contributed by atoms with Gasteiger partial charge in [-0.2, -0.15) is 9.57 Å². The monoisotopic (exact) mass is 701 g/mol. The van der Waals surface area contributed by atoms with Crippen molar-refractivity contribution in [3.8, 4) is 17.7 Å². The minimum Gasteiger partial charge on any atom is -0.495 e. The molecular formula is C35H39N7O7S. The van der Waals surface area contributed by atoms with Crippen LogP contribution in [0.2, 0.25) is 0 Å². The fourth-order valence-corrected chi connectivity index (χ4v) is 9.05. The Morgan fingerprint density at radius 3 is 2.44 bits per heavy atom. The van der Waals surface area contributed by atoms with Crippen molar-refractivity contribution in [2.45, 2.75) is 41.4 Å². The van der Waals surface area contributed by atoms with E-state index in [-0.39, 0.29) is 44.9 Å². The van der Waals surface area contributed by atoms with E-state index in [1.165, 1.54) is 56.8 Å². The molecule has 1 aromatic heterocycles. The number of likely N-dealkylation sites (tertiary alicyclic amines) is 2. The Balaban J connectivity index is 1.21. The first-order valence-corrected chi connectivity index (χ1v) is 18.0. The number of hydrogen-bond acceptors (Lipinski definition) is 11. The quantitative estimate of drug-likeness (QED) is 0.349. The number of carbonyl (C=O) groups is 2. The van der Waals surface area contributed by atoms with Gasteiger partial charge in [-0.3, -0.25) is 14.6 Å². The predicted molar refractivity (Wildman–Crippen MR) is 181 cm³/mol. The van der Waals surface area contributed by atoms with Gasteiger partial charge in [0.25, 0.3) is 15.9 Å². The molecule has 15 heteroatoms. The summed E-state index contributed by atoms with van der Waals surface area (Å²) < 4.78 is 45.8. The number of sulfonamides is 1. The lowest BCUT2D eigenvalue weighted by Gasteiger charge is -2.50. The molecule has 5 heterocycles. The van der Waals surface area contributed by atoms with E-state index in [2.05, 4.69) is 33.2 Å². The number of para-hydroxylation sites is 1. The summed E-state index contributed by atoms with van der Waals surface area (Å²) in [4.78, 5) is 39.7. The second kappa shape index (κ2) is 13.2. The van der Waals surface area contributed by atoms with Gasteiger partial charge >= 0.3 is 6.03 Å². The Morgan fingerprint density at radius 1 is 1.04 bits per heavy atom. The maximum absolute atomic E-state index is 15.0. The fraction of sp³-hybridized carbons (Fsp3) is 0.429. The van der Waals surface area contributed by atoms with Crippen molar-refractivity contribution in [2.24, 2.45) is 0 Å². The number of nitriles is 1. The number of likely N-dealkylation sites (N-methyl/N-ethyl adjacent to an activating group) is 1. The van der Waals surface area contributed by atoms with Gasteiger partial charge in [-0.05, 0) is 62.4 Å². The largest absolute Gasteiger partial charge is 0.495 e. The summed E-state index contributed by atoms with van der Waals surface area (Å²) in [6.45, 7) is 4.27. The second-order valence-corrected chi connectivity index (χ2v) is 14.7. The average molecular weight is 702 g/mol. The van der Waals surface area contributed by atoms with E-state index in [0.717, 1.165) is 39.1 Å². The lowest BCUT2D eigenvalue weighted by Crippen LogP contribution is -2.67. The molecular weight excluding hydrogens is 662 g/mol. The molecule has 0 saturated carbocycles. The van der Waals surface area contributed by atoms with Crippen LogP contribution in [0.1, 0.15) is 29.5 Å². The van der Waals surface area contributed by atoms with Crippen LogP contribution in [0.25, 0.3) is 0 Å². The molecule has 0 radical (unpaired) electrons. The molecule has 3 fully saturated rings. The predicted octanol–water partition coefficient (Wildman–Crippen LogP) is 2.14. The van der Waals surface area contributed by atoms with Crippen LogP contribution in [-0.2, 0) is 25.1 Å². The summed E-state index contributed by atoms with van der Waals surface area (Å²) in [6, 6.07) is 16.0. The third-order valence-corrected chi connectivity index (χ3v) is 12.2. The number of ether oxygens (including phenoxy) is 3. The summed E-state index contributed by atoms with van der Waals surface area (Å²) in [6.07, 6.45) is 3.53. The average Bonchev–Trinajstić information content (AvgIpc) is 3.34. The number of aromatic nitrogens is 1. The molecule has 0 aliphatic carbocycles. The van der Waals surface area contributed by atoms with Crippen molar-refractivity contribution in [2.75, 3.05) is 65.0 Å². The van der Waals surface area contributed by atoms with Gasteiger partial charge in [0.05, 0.1) is 56.4 Å². The van der Waals surface area contributed by atoms with Crippen LogP contribution in [0.3, 0.4) is 0 Å². The third kappa shape index (κ3) is 5.43. The number of methoxy groups -OCH3 is 2. The highest BCUT2D eigenvalue weighted by atomic mass is 32.2. The number of urea groups is 1. The van der Waals surface area contributed by atoms with Gasteiger partial charge < -0.3 is 24.4 Å². The van der Waals surface area contributed by atoms with Crippen molar-refractivity contribution in [1.29, 1.82) is 5.26 Å². The first-order valence-electron chi connectivity index (χ1n) is 16.5. The maximum Gasteiger partial charge on any atom is 0.318 e. The number of benzene rings is 2. The van der Waals surface area contributed by atoms with Gasteiger partial charge in [-0.1, -0.05) is 12.1 Å². The Morgan fingerprint density at radius 2 is 1.78 bits per heavy atom. The summed E-state index contributed by atoms with van der Waals surface area (Å²) >= 11 is 0. The van der Waals surface area contributed by atoms with E-state index < -0.39 is 27.5 Å². The molecule has 0 bridgehead atoms. The van der Waals surface area contributed by atoms with Crippen LogP contribution >= 0.6 is 0 Å². The van der Waals surface area contributed by atoms with Gasteiger partial charge in [-0.15, -0.1) is 0 Å². The Kier molecular flexibility index (Phi) is 8.89. The van der Waals surface area contributed by atoms with Crippen LogP contribution in [-0.4, -0.2) is 119 Å². The minimum absolute atomic E-state index is 0.00814. The van der Waals surface area contributed by atoms with Crippen LogP contribution in [0.5, 0.6) is 11.6 Å². The highest BCUT2D eigenvalue weighted by Gasteiger charge is 2.59. The Labute approximate surface area is 291 Å². The summed E-state index contributed by atoms with van der Waals surface area (Å²) in [5, 5.41) is 12.8. The molecule has 1 N–H and O–H groups in total. The van der Waals surface area contributed by atoms with Gasteiger partial charge in [0, 0.05) is 50.0 Å². The van der Waals surface area contributed by atoms with Gasteiger partial charge in [0.1, 0.15) is 10.6 Å². The number of piperidine rings is 1. The molecule has 3 saturated heterocycles. The molecule has 0 unspecified atom stereocenters. The summed E-state index contributed by atoms with van der Waals surface area (Å²) in [5.41, 5.74) is -1.76. The summed E-state index contributed by atoms with van der Waals surface area (Å²) in [7, 11) is 0.263. The highest BCUT2D eigenvalue weighted by molar-refractivity contribution is 7.93. The van der Waals surface area contributed by atoms with Gasteiger partial charge in [0.15, 0.2) is 5.54 Å². The van der Waals surface area contributed by atoms with Gasteiger partial charge in [-0.25, -0.2) is 18.2 Å². The number of carbonyl (C=O) groups excluding carboxylic acids is 2. The smallest absolute Gasteiger partial charge is 0.318 e. The molecule has 4 aliphatic rings. The zero-order chi connectivity index (χ0) is 35.2. The number of nitrogens with zero attached hydrogens (tertiary/aromatic N) is 6. The topological polar surface area (TPSA) is 158 Å². The van der Waals surface area contributed by atoms with Crippen molar-refractivity contribution in [3.63, 3.8) is 0 Å². The number of hydrogen-bond donors (Lipinski definition) is 1. The van der Waals surface area contributed by atoms with Crippen LogP contribution in [0.15, 0.2) is 65.7 Å². The van der Waals surface area contributed by atoms with Crippen molar-refractivity contribution < 1.29 is 32.2 Å². The van der Waals surface area contributed by atoms with E-state index in [1.54, 1.807) is 23.1 Å². The van der Waals surface area contributed by atoms with Crippen LogP contribution in [0, 0.1) is 11.3 Å². The molecule has 1 atom stereocenters. The number of rotatable bonds is 9. The highest BCUT2D eigenvalue weighted by Crippen LogP contribution is 2.49. The van der Waals surface area contributed by atoms with Gasteiger partial charge in [0.2, 0.25) is 5.88 Å². The fourth-order valence-electron chi connectivity index (χ4n) is 7.42. The molecule has 7 rings (SSSR count). The SMILES string of the molecule is COc1ccccc1S(=O)(=O)N1C(=O)[C@@](NC(=O)N2CC(N3CCC(N(C)C4COC4)CC3)C2)(c2cccnc2OC)c2cc(C#N)ccc21. The van der Waals surface area contributed by atoms with Crippen molar-refractivity contribution in [1.82, 2.24) is 25.0 Å². The van der Waals surface area contributed by atoms with E-state index >= 15 is 0 Å². The number of fused-ring (bicyclic) bond motifs is 1. The maximum atomic E-state index is 15.0. The van der Waals surface area contributed by atoms with Crippen molar-refractivity contribution >= 4 is 27.6 Å². The normalized spacial score (nSPS) is 21.7. The van der Waals surface area contributed by atoms with E-state index in [4.69, 9.17) is 14.2 Å². The Bertz CT molecular complexity index is 1950. The Hall–Kier alpha value is -4.75. The molecule has 4 aliphatic heterocycles. The number of anilines is 1. The standard InChI is InChI=1S/C35H39N7O7S/c1-39(26-21-49-22-26)24-12-15-40(16-13-24)25-19-41(20-25)34(44)38-35(27-7-6-14-37-32(27)48-3)28-17-23(18-36)10-11-29(28)42(33(35)43)50(45,46)31-9-5-4-8-30(31)47-2/h4-11,14,17,24-26H,12-13,15-16,19-22H2,1-3H3,(H,38,44)/t35-/m1/s1. The van der Waals surface area contributed by atoms with Crippen LogP contribution < -0.4 is 19.1 Å². The second-order valence-electron chi connectivity index (χ2n) is 13.0. The lowest BCUT2D eigenvalue weighted by atomic mass is 9.83. The first kappa shape index (κ1) is 33.7. The molecule has 2 aromatic carbocycles. The molecule has 0 spiro atoms. The molecule has 3 aromatic rings. The number of nitrogens with one attached hydrogen (secondary N) is 1. The molecule has 3 amide bonds. The molecule has 50 heavy (non-hydrogen) atoms. The van der Waals surface area contributed by atoms with Crippen molar-refractivity contribution in [3.05, 3.63) is 77.5 Å². The van der Waals surface area contributed by atoms with Crippen LogP contribution in [0.4, 0.5) is 10.5 Å². The molecule has 262 valence electrons. The van der Waals surface area contributed by atoms with E-state index in [0.29, 0.717) is 29.5 Å². The first-order chi connectivity index (χ1) is 24.1. The zero-order valence-corrected chi connectivity index (χ0v) is 28.9. The third-order valence-electron chi connectivity index (χ3n) is 10.4. The lowest BCUT2D eigenvalue weighted by molar-refractivity contribution is -0.121.